The van der Waals surface area contributed by atoms with Gasteiger partial charge in [-0.1, -0.05) is 12.1 Å². The Bertz CT molecular complexity index is 527. The summed E-state index contributed by atoms with van der Waals surface area (Å²) in [7, 11) is 3.57. The fourth-order valence-electron chi connectivity index (χ4n) is 1.46. The van der Waals surface area contributed by atoms with Crippen molar-refractivity contribution in [2.24, 2.45) is 7.05 Å². The molecule has 0 radical (unpaired) electrons. The standard InChI is InChI=1S/C11H13N3OS/c1-14-10(12-13-11(14)16)7-8-3-5-9(15-2)6-4-8/h3-6H,7H2,1-2H3,(H,13,16). The van der Waals surface area contributed by atoms with Crippen molar-refractivity contribution in [2.75, 3.05) is 7.11 Å². The Labute approximate surface area is 98.9 Å². The minimum absolute atomic E-state index is 0.642. The second kappa shape index (κ2) is 4.49. The molecule has 1 heterocycles. The normalized spacial score (nSPS) is 10.4. The van der Waals surface area contributed by atoms with Crippen molar-refractivity contribution >= 4 is 12.2 Å². The average Bonchev–Trinajstić information content (AvgIpc) is 2.62. The second-order valence-electron chi connectivity index (χ2n) is 3.53. The van der Waals surface area contributed by atoms with E-state index in [1.807, 2.05) is 35.9 Å². The largest absolute Gasteiger partial charge is 0.497 e. The third-order valence-electron chi connectivity index (χ3n) is 2.49. The quantitative estimate of drug-likeness (QED) is 0.828. The Hall–Kier alpha value is -1.62. The van der Waals surface area contributed by atoms with Gasteiger partial charge in [0.1, 0.15) is 11.6 Å². The predicted molar refractivity (Wildman–Crippen MR) is 64.2 cm³/mol. The Morgan fingerprint density at radius 3 is 2.56 bits per heavy atom. The van der Waals surface area contributed by atoms with Crippen molar-refractivity contribution in [3.05, 3.63) is 40.4 Å². The van der Waals surface area contributed by atoms with Crippen LogP contribution in [0.3, 0.4) is 0 Å². The summed E-state index contributed by atoms with van der Waals surface area (Å²) in [4.78, 5) is 0. The van der Waals surface area contributed by atoms with Crippen molar-refractivity contribution in [1.82, 2.24) is 14.8 Å². The van der Waals surface area contributed by atoms with Gasteiger partial charge in [-0.3, -0.25) is 5.10 Å². The first-order chi connectivity index (χ1) is 7.70. The van der Waals surface area contributed by atoms with Crippen molar-refractivity contribution in [3.8, 4) is 5.75 Å². The van der Waals surface area contributed by atoms with Gasteiger partial charge in [-0.15, -0.1) is 0 Å². The lowest BCUT2D eigenvalue weighted by molar-refractivity contribution is 0.414. The molecule has 0 aliphatic carbocycles. The van der Waals surface area contributed by atoms with Gasteiger partial charge in [0, 0.05) is 13.5 Å². The highest BCUT2D eigenvalue weighted by Crippen LogP contribution is 2.13. The average molecular weight is 235 g/mol. The summed E-state index contributed by atoms with van der Waals surface area (Å²) in [6.07, 6.45) is 0.758. The van der Waals surface area contributed by atoms with Gasteiger partial charge in [0.25, 0.3) is 0 Å². The summed E-state index contributed by atoms with van der Waals surface area (Å²) in [6, 6.07) is 7.93. The monoisotopic (exact) mass is 235 g/mol. The van der Waals surface area contributed by atoms with Gasteiger partial charge in [-0.05, 0) is 29.9 Å². The van der Waals surface area contributed by atoms with Gasteiger partial charge >= 0.3 is 0 Å². The van der Waals surface area contributed by atoms with Crippen LogP contribution in [0.25, 0.3) is 0 Å². The summed E-state index contributed by atoms with van der Waals surface area (Å²) in [6.45, 7) is 0. The SMILES string of the molecule is COc1ccc(Cc2n[nH]c(=S)n2C)cc1. The molecule has 0 spiro atoms. The molecule has 0 aliphatic rings. The molecular formula is C11H13N3OS. The molecule has 0 saturated heterocycles. The highest BCUT2D eigenvalue weighted by Gasteiger charge is 2.03. The van der Waals surface area contributed by atoms with Crippen LogP contribution in [0.1, 0.15) is 11.4 Å². The van der Waals surface area contributed by atoms with Crippen molar-refractivity contribution in [1.29, 1.82) is 0 Å². The molecule has 5 heteroatoms. The molecule has 16 heavy (non-hydrogen) atoms. The van der Waals surface area contributed by atoms with E-state index in [-0.39, 0.29) is 0 Å². The first-order valence-electron chi connectivity index (χ1n) is 4.94. The zero-order valence-electron chi connectivity index (χ0n) is 9.23. The molecular weight excluding hydrogens is 222 g/mol. The first-order valence-corrected chi connectivity index (χ1v) is 5.34. The summed E-state index contributed by atoms with van der Waals surface area (Å²) in [5.74, 6) is 1.79. The van der Waals surface area contributed by atoms with Crippen LogP contribution in [-0.4, -0.2) is 21.9 Å². The predicted octanol–water partition coefficient (Wildman–Crippen LogP) is 2.08. The zero-order chi connectivity index (χ0) is 11.5. The third-order valence-corrected chi connectivity index (χ3v) is 2.86. The van der Waals surface area contributed by atoms with E-state index in [2.05, 4.69) is 10.2 Å². The van der Waals surface area contributed by atoms with Crippen molar-refractivity contribution in [2.45, 2.75) is 6.42 Å². The van der Waals surface area contributed by atoms with Crippen LogP contribution in [-0.2, 0) is 13.5 Å². The molecule has 4 nitrogen and oxygen atoms in total. The summed E-state index contributed by atoms with van der Waals surface area (Å²) < 4.78 is 7.62. The number of aromatic nitrogens is 3. The smallest absolute Gasteiger partial charge is 0.194 e. The lowest BCUT2D eigenvalue weighted by atomic mass is 10.1. The zero-order valence-corrected chi connectivity index (χ0v) is 10.0. The number of methoxy groups -OCH3 is 1. The summed E-state index contributed by atoms with van der Waals surface area (Å²) in [5.41, 5.74) is 1.18. The Morgan fingerprint density at radius 2 is 2.06 bits per heavy atom. The summed E-state index contributed by atoms with van der Waals surface area (Å²) >= 11 is 5.05. The highest BCUT2D eigenvalue weighted by atomic mass is 32.1. The second-order valence-corrected chi connectivity index (χ2v) is 3.92. The number of hydrogen-bond acceptors (Lipinski definition) is 3. The topological polar surface area (TPSA) is 42.8 Å². The molecule has 2 rings (SSSR count). The molecule has 0 atom stereocenters. The van der Waals surface area contributed by atoms with Crippen molar-refractivity contribution in [3.63, 3.8) is 0 Å². The molecule has 0 fully saturated rings. The molecule has 0 saturated carbocycles. The number of benzene rings is 1. The molecule has 0 unspecified atom stereocenters. The number of H-pyrrole nitrogens is 1. The maximum absolute atomic E-state index is 5.10. The highest BCUT2D eigenvalue weighted by molar-refractivity contribution is 7.71. The Kier molecular flexibility index (Phi) is 3.05. The minimum atomic E-state index is 0.642. The van der Waals surface area contributed by atoms with E-state index in [1.54, 1.807) is 7.11 Å². The van der Waals surface area contributed by atoms with E-state index < -0.39 is 0 Å². The number of nitrogens with one attached hydrogen (secondary N) is 1. The van der Waals surface area contributed by atoms with E-state index >= 15 is 0 Å². The van der Waals surface area contributed by atoms with E-state index in [0.29, 0.717) is 4.77 Å². The van der Waals surface area contributed by atoms with E-state index in [1.165, 1.54) is 5.56 Å². The molecule has 2 aromatic rings. The van der Waals surface area contributed by atoms with Crippen LogP contribution in [0.4, 0.5) is 0 Å². The molecule has 0 bridgehead atoms. The molecule has 1 aromatic heterocycles. The molecule has 1 aromatic carbocycles. The lowest BCUT2D eigenvalue weighted by Gasteiger charge is -2.03. The molecule has 84 valence electrons. The van der Waals surface area contributed by atoms with Crippen LogP contribution in [0.2, 0.25) is 0 Å². The van der Waals surface area contributed by atoms with Gasteiger partial charge in [-0.2, -0.15) is 5.10 Å². The molecule has 0 aliphatic heterocycles. The third kappa shape index (κ3) is 2.14. The van der Waals surface area contributed by atoms with Crippen LogP contribution >= 0.6 is 12.2 Å². The van der Waals surface area contributed by atoms with Crippen LogP contribution in [0, 0.1) is 4.77 Å². The number of rotatable bonds is 3. The maximum Gasteiger partial charge on any atom is 0.194 e. The van der Waals surface area contributed by atoms with Crippen LogP contribution in [0.15, 0.2) is 24.3 Å². The first kappa shape index (κ1) is 10.9. The van der Waals surface area contributed by atoms with Crippen LogP contribution < -0.4 is 4.74 Å². The van der Waals surface area contributed by atoms with Gasteiger partial charge in [0.05, 0.1) is 7.11 Å². The van der Waals surface area contributed by atoms with E-state index in [4.69, 9.17) is 17.0 Å². The lowest BCUT2D eigenvalue weighted by Crippen LogP contribution is -1.99. The fourth-order valence-corrected chi connectivity index (χ4v) is 1.61. The van der Waals surface area contributed by atoms with Gasteiger partial charge in [-0.25, -0.2) is 0 Å². The number of ether oxygens (including phenoxy) is 1. The number of aromatic amines is 1. The van der Waals surface area contributed by atoms with Gasteiger partial charge in [0.2, 0.25) is 0 Å². The fraction of sp³-hybridized carbons (Fsp3) is 0.273. The van der Waals surface area contributed by atoms with E-state index in [9.17, 15) is 0 Å². The van der Waals surface area contributed by atoms with Gasteiger partial charge < -0.3 is 9.30 Å². The maximum atomic E-state index is 5.10. The molecule has 0 amide bonds. The van der Waals surface area contributed by atoms with E-state index in [0.717, 1.165) is 18.0 Å². The number of nitrogens with zero attached hydrogens (tertiary/aromatic N) is 2. The Balaban J connectivity index is 2.20. The minimum Gasteiger partial charge on any atom is -0.497 e. The Morgan fingerprint density at radius 1 is 1.38 bits per heavy atom. The summed E-state index contributed by atoms with van der Waals surface area (Å²) in [5, 5.41) is 6.94. The van der Waals surface area contributed by atoms with Gasteiger partial charge in [0.15, 0.2) is 4.77 Å². The van der Waals surface area contributed by atoms with Crippen LogP contribution in [0.5, 0.6) is 5.75 Å². The van der Waals surface area contributed by atoms with Crippen molar-refractivity contribution < 1.29 is 4.74 Å². The molecule has 1 N–H and O–H groups in total. The number of hydrogen-bond donors (Lipinski definition) is 1.